The Hall–Kier alpha value is -0.840. The predicted octanol–water partition coefficient (Wildman–Crippen LogP) is 1.31. The van der Waals surface area contributed by atoms with Crippen molar-refractivity contribution in [2.75, 3.05) is 33.7 Å². The van der Waals surface area contributed by atoms with Gasteiger partial charge in [-0.25, -0.2) is 0 Å². The van der Waals surface area contributed by atoms with Gasteiger partial charge in [0.15, 0.2) is 0 Å². The molecule has 2 heterocycles. The maximum Gasteiger partial charge on any atom is 0.0950 e. The Labute approximate surface area is 103 Å². The van der Waals surface area contributed by atoms with Gasteiger partial charge in [-0.3, -0.25) is 4.90 Å². The number of likely N-dealkylation sites (N-methyl/N-ethyl adjacent to an activating group) is 1. The maximum atomic E-state index is 5.91. The molecule has 1 atom stereocenters. The fourth-order valence-electron chi connectivity index (χ4n) is 2.66. The first-order valence-corrected chi connectivity index (χ1v) is 6.35. The van der Waals surface area contributed by atoms with Crippen LogP contribution in [0.25, 0.3) is 0 Å². The van der Waals surface area contributed by atoms with Crippen LogP contribution in [0.2, 0.25) is 0 Å². The van der Waals surface area contributed by atoms with Gasteiger partial charge in [0.05, 0.1) is 18.6 Å². The molecule has 4 nitrogen and oxygen atoms in total. The number of nitrogens with two attached hydrogens (primary N) is 1. The van der Waals surface area contributed by atoms with Crippen LogP contribution in [-0.4, -0.2) is 49.6 Å². The predicted molar refractivity (Wildman–Crippen MR) is 68.8 cm³/mol. The number of nitrogens with zero attached hydrogens (tertiary/aromatic N) is 2. The number of piperidine rings is 1. The van der Waals surface area contributed by atoms with Gasteiger partial charge in [-0.05, 0) is 46.1 Å². The molecule has 1 aromatic rings. The second-order valence-corrected chi connectivity index (χ2v) is 5.01. The van der Waals surface area contributed by atoms with E-state index in [9.17, 15) is 0 Å². The Morgan fingerprint density at radius 1 is 1.53 bits per heavy atom. The third-order valence-corrected chi connectivity index (χ3v) is 3.91. The first-order chi connectivity index (χ1) is 8.22. The molecule has 4 heteroatoms. The molecular weight excluding hydrogens is 214 g/mol. The molecule has 0 saturated carbocycles. The molecule has 1 aromatic heterocycles. The van der Waals surface area contributed by atoms with Crippen LogP contribution in [0.5, 0.6) is 0 Å². The van der Waals surface area contributed by atoms with Crippen LogP contribution < -0.4 is 5.73 Å². The summed E-state index contributed by atoms with van der Waals surface area (Å²) in [6.45, 7) is 3.00. The van der Waals surface area contributed by atoms with Crippen LogP contribution in [0.1, 0.15) is 24.4 Å². The zero-order valence-electron chi connectivity index (χ0n) is 10.8. The lowest BCUT2D eigenvalue weighted by Gasteiger charge is -2.38. The highest BCUT2D eigenvalue weighted by Gasteiger charge is 2.26. The van der Waals surface area contributed by atoms with Crippen LogP contribution in [-0.2, 0) is 0 Å². The molecule has 2 N–H and O–H groups in total. The van der Waals surface area contributed by atoms with E-state index >= 15 is 0 Å². The monoisotopic (exact) mass is 237 g/mol. The highest BCUT2D eigenvalue weighted by Crippen LogP contribution is 2.25. The van der Waals surface area contributed by atoms with Crippen LogP contribution in [0.3, 0.4) is 0 Å². The van der Waals surface area contributed by atoms with Gasteiger partial charge in [-0.1, -0.05) is 0 Å². The normalized spacial score (nSPS) is 20.9. The standard InChI is InChI=1S/C13H23N3O/c1-15-6-3-12(4-7-15)16(2)13(9-14)11-5-8-17-10-11/h5,8,10,12-13H,3-4,6-7,9,14H2,1-2H3. The van der Waals surface area contributed by atoms with Gasteiger partial charge in [0.25, 0.3) is 0 Å². The molecule has 0 spiro atoms. The van der Waals surface area contributed by atoms with Gasteiger partial charge in [-0.15, -0.1) is 0 Å². The summed E-state index contributed by atoms with van der Waals surface area (Å²) in [4.78, 5) is 4.80. The van der Waals surface area contributed by atoms with E-state index in [0.717, 1.165) is 0 Å². The molecule has 17 heavy (non-hydrogen) atoms. The lowest BCUT2D eigenvalue weighted by molar-refractivity contribution is 0.109. The average Bonchev–Trinajstić information content (AvgIpc) is 2.84. The zero-order valence-corrected chi connectivity index (χ0v) is 10.8. The Bertz CT molecular complexity index is 317. The van der Waals surface area contributed by atoms with E-state index in [0.29, 0.717) is 12.6 Å². The quantitative estimate of drug-likeness (QED) is 0.857. The fourth-order valence-corrected chi connectivity index (χ4v) is 2.66. The molecule has 96 valence electrons. The summed E-state index contributed by atoms with van der Waals surface area (Å²) >= 11 is 0. The Morgan fingerprint density at radius 2 is 2.24 bits per heavy atom. The number of furan rings is 1. The van der Waals surface area contributed by atoms with Crippen molar-refractivity contribution in [2.45, 2.75) is 24.9 Å². The Balaban J connectivity index is 2.00. The van der Waals surface area contributed by atoms with E-state index in [1.165, 1.54) is 31.5 Å². The van der Waals surface area contributed by atoms with E-state index in [-0.39, 0.29) is 6.04 Å². The molecule has 1 saturated heterocycles. The van der Waals surface area contributed by atoms with Gasteiger partial charge in [0.1, 0.15) is 0 Å². The molecular formula is C13H23N3O. The third-order valence-electron chi connectivity index (χ3n) is 3.91. The molecule has 0 aliphatic carbocycles. The van der Waals surface area contributed by atoms with Crippen molar-refractivity contribution in [3.63, 3.8) is 0 Å². The second-order valence-electron chi connectivity index (χ2n) is 5.01. The molecule has 1 aliphatic heterocycles. The maximum absolute atomic E-state index is 5.91. The molecule has 0 bridgehead atoms. The molecule has 1 aliphatic rings. The molecule has 0 radical (unpaired) electrons. The van der Waals surface area contributed by atoms with Crippen molar-refractivity contribution in [1.29, 1.82) is 0 Å². The highest BCUT2D eigenvalue weighted by atomic mass is 16.3. The molecule has 0 amide bonds. The molecule has 1 unspecified atom stereocenters. The van der Waals surface area contributed by atoms with Crippen molar-refractivity contribution >= 4 is 0 Å². The highest BCUT2D eigenvalue weighted by molar-refractivity contribution is 5.12. The zero-order chi connectivity index (χ0) is 12.3. The molecule has 1 fully saturated rings. The minimum Gasteiger partial charge on any atom is -0.472 e. The van der Waals surface area contributed by atoms with Crippen LogP contribution in [0.15, 0.2) is 23.0 Å². The lowest BCUT2D eigenvalue weighted by Crippen LogP contribution is -2.44. The SMILES string of the molecule is CN1CCC(N(C)C(CN)c2ccoc2)CC1. The van der Waals surface area contributed by atoms with E-state index < -0.39 is 0 Å². The summed E-state index contributed by atoms with van der Waals surface area (Å²) in [5.74, 6) is 0. The van der Waals surface area contributed by atoms with Crippen molar-refractivity contribution in [3.8, 4) is 0 Å². The topological polar surface area (TPSA) is 45.6 Å². The van der Waals surface area contributed by atoms with Gasteiger partial charge in [0.2, 0.25) is 0 Å². The summed E-state index contributed by atoms with van der Waals surface area (Å²) in [5.41, 5.74) is 7.09. The summed E-state index contributed by atoms with van der Waals surface area (Å²) in [6.07, 6.45) is 5.98. The van der Waals surface area contributed by atoms with Crippen molar-refractivity contribution in [1.82, 2.24) is 9.80 Å². The van der Waals surface area contributed by atoms with Crippen LogP contribution >= 0.6 is 0 Å². The van der Waals surface area contributed by atoms with Crippen LogP contribution in [0.4, 0.5) is 0 Å². The Morgan fingerprint density at radius 3 is 2.76 bits per heavy atom. The smallest absolute Gasteiger partial charge is 0.0950 e. The number of hydrogen-bond acceptors (Lipinski definition) is 4. The van der Waals surface area contributed by atoms with Crippen LogP contribution in [0, 0.1) is 0 Å². The van der Waals surface area contributed by atoms with Crippen molar-refractivity contribution < 1.29 is 4.42 Å². The van der Waals surface area contributed by atoms with Gasteiger partial charge in [-0.2, -0.15) is 0 Å². The first-order valence-electron chi connectivity index (χ1n) is 6.35. The summed E-state index contributed by atoms with van der Waals surface area (Å²) in [5, 5.41) is 0. The van der Waals surface area contributed by atoms with Crippen molar-refractivity contribution in [3.05, 3.63) is 24.2 Å². The summed E-state index contributed by atoms with van der Waals surface area (Å²) in [7, 11) is 4.37. The fraction of sp³-hybridized carbons (Fsp3) is 0.692. The third kappa shape index (κ3) is 2.89. The van der Waals surface area contributed by atoms with Gasteiger partial charge >= 0.3 is 0 Å². The number of hydrogen-bond donors (Lipinski definition) is 1. The molecule has 2 rings (SSSR count). The van der Waals surface area contributed by atoms with E-state index in [2.05, 4.69) is 23.9 Å². The molecule has 0 aromatic carbocycles. The average molecular weight is 237 g/mol. The summed E-state index contributed by atoms with van der Waals surface area (Å²) < 4.78 is 5.16. The summed E-state index contributed by atoms with van der Waals surface area (Å²) in [6, 6.07) is 2.93. The second kappa shape index (κ2) is 5.67. The lowest BCUT2D eigenvalue weighted by atomic mass is 10.00. The minimum absolute atomic E-state index is 0.280. The first kappa shape index (κ1) is 12.6. The van der Waals surface area contributed by atoms with E-state index in [1.807, 2.05) is 12.3 Å². The number of rotatable bonds is 4. The van der Waals surface area contributed by atoms with Gasteiger partial charge in [0, 0.05) is 18.2 Å². The largest absolute Gasteiger partial charge is 0.472 e. The van der Waals surface area contributed by atoms with Crippen molar-refractivity contribution in [2.24, 2.45) is 5.73 Å². The number of likely N-dealkylation sites (tertiary alicyclic amines) is 1. The minimum atomic E-state index is 0.280. The van der Waals surface area contributed by atoms with Gasteiger partial charge < -0.3 is 15.1 Å². The van der Waals surface area contributed by atoms with E-state index in [1.54, 1.807) is 6.26 Å². The van der Waals surface area contributed by atoms with E-state index in [4.69, 9.17) is 10.2 Å². The Kier molecular flexibility index (Phi) is 4.20.